The van der Waals surface area contributed by atoms with Crippen LogP contribution in [0.5, 0.6) is 0 Å². The maximum atomic E-state index is 4.81. The molecule has 1 aromatic heterocycles. The predicted molar refractivity (Wildman–Crippen MR) is 115 cm³/mol. The van der Waals surface area contributed by atoms with Crippen molar-refractivity contribution in [3.63, 3.8) is 0 Å². The Hall–Kier alpha value is -0.410. The third-order valence-electron chi connectivity index (χ3n) is 4.07. The molecule has 0 spiro atoms. The molecule has 0 unspecified atom stereocenters. The van der Waals surface area contributed by atoms with Crippen molar-refractivity contribution >= 4 is 41.3 Å². The molecule has 0 atom stereocenters. The van der Waals surface area contributed by atoms with Gasteiger partial charge in [0.2, 0.25) is 0 Å². The van der Waals surface area contributed by atoms with E-state index in [4.69, 9.17) is 4.99 Å². The molecule has 2 heterocycles. The molecule has 0 saturated carbocycles. The molecule has 138 valence electrons. The zero-order valence-corrected chi connectivity index (χ0v) is 18.8. The van der Waals surface area contributed by atoms with E-state index in [1.165, 1.54) is 11.4 Å². The molecule has 1 N–H and O–H groups in total. The van der Waals surface area contributed by atoms with Gasteiger partial charge in [-0.1, -0.05) is 13.8 Å². The molecular formula is C17H32IN5S. The first-order valence-corrected chi connectivity index (χ1v) is 9.49. The zero-order chi connectivity index (χ0) is 16.8. The number of nitrogens with one attached hydrogen (secondary N) is 1. The Morgan fingerprint density at radius 3 is 2.42 bits per heavy atom. The third kappa shape index (κ3) is 6.48. The monoisotopic (exact) mass is 465 g/mol. The highest BCUT2D eigenvalue weighted by molar-refractivity contribution is 14.0. The minimum absolute atomic E-state index is 0. The van der Waals surface area contributed by atoms with Gasteiger partial charge in [0.1, 0.15) is 5.01 Å². The summed E-state index contributed by atoms with van der Waals surface area (Å²) in [7, 11) is 0. The number of nitrogens with zero attached hydrogens (tertiary/aromatic N) is 4. The number of halogens is 1. The number of guanidine groups is 1. The van der Waals surface area contributed by atoms with Gasteiger partial charge in [0.15, 0.2) is 5.96 Å². The number of piperazine rings is 1. The van der Waals surface area contributed by atoms with Gasteiger partial charge in [-0.2, -0.15) is 0 Å². The summed E-state index contributed by atoms with van der Waals surface area (Å²) >= 11 is 1.76. The summed E-state index contributed by atoms with van der Waals surface area (Å²) in [6.45, 7) is 18.0. The van der Waals surface area contributed by atoms with E-state index >= 15 is 0 Å². The first-order chi connectivity index (χ1) is 11.0. The van der Waals surface area contributed by atoms with E-state index in [9.17, 15) is 0 Å². The molecule has 0 bridgehead atoms. The van der Waals surface area contributed by atoms with E-state index in [0.29, 0.717) is 6.54 Å². The van der Waals surface area contributed by atoms with Gasteiger partial charge in [0.25, 0.3) is 0 Å². The largest absolute Gasteiger partial charge is 0.357 e. The van der Waals surface area contributed by atoms with Gasteiger partial charge in [0, 0.05) is 44.1 Å². The maximum absolute atomic E-state index is 4.81. The van der Waals surface area contributed by atoms with Crippen LogP contribution in [0.2, 0.25) is 0 Å². The summed E-state index contributed by atoms with van der Waals surface area (Å²) in [5.74, 6) is 1.77. The fourth-order valence-electron chi connectivity index (χ4n) is 2.83. The number of aliphatic imine (C=N–C) groups is 1. The summed E-state index contributed by atoms with van der Waals surface area (Å²) in [6, 6.07) is 0. The summed E-state index contributed by atoms with van der Waals surface area (Å²) in [5, 5.41) is 4.54. The van der Waals surface area contributed by atoms with E-state index in [1.54, 1.807) is 11.3 Å². The Labute approximate surface area is 168 Å². The van der Waals surface area contributed by atoms with Crippen LogP contribution in [-0.2, 0) is 6.54 Å². The van der Waals surface area contributed by atoms with Crippen molar-refractivity contribution < 1.29 is 0 Å². The van der Waals surface area contributed by atoms with Gasteiger partial charge >= 0.3 is 0 Å². The Balaban J connectivity index is 0.00000288. The Kier molecular flexibility index (Phi) is 9.51. The van der Waals surface area contributed by atoms with E-state index in [-0.39, 0.29) is 24.0 Å². The van der Waals surface area contributed by atoms with Crippen LogP contribution in [0.4, 0.5) is 0 Å². The number of aromatic nitrogens is 1. The van der Waals surface area contributed by atoms with Gasteiger partial charge in [0.05, 0.1) is 12.2 Å². The first-order valence-electron chi connectivity index (χ1n) is 8.68. The molecule has 1 saturated heterocycles. The average Bonchev–Trinajstić information content (AvgIpc) is 2.82. The number of hydrogen-bond donors (Lipinski definition) is 1. The van der Waals surface area contributed by atoms with Gasteiger partial charge < -0.3 is 10.2 Å². The second kappa shape index (κ2) is 10.6. The van der Waals surface area contributed by atoms with Gasteiger partial charge in [-0.25, -0.2) is 9.98 Å². The molecule has 1 aliphatic heterocycles. The van der Waals surface area contributed by atoms with Crippen LogP contribution in [0.25, 0.3) is 0 Å². The number of rotatable bonds is 5. The first kappa shape index (κ1) is 21.6. The van der Waals surface area contributed by atoms with Crippen molar-refractivity contribution in [1.82, 2.24) is 20.1 Å². The van der Waals surface area contributed by atoms with E-state index < -0.39 is 0 Å². The highest BCUT2D eigenvalue weighted by atomic mass is 127. The molecule has 0 amide bonds. The highest BCUT2D eigenvalue weighted by Crippen LogP contribution is 2.17. The van der Waals surface area contributed by atoms with Gasteiger partial charge in [-0.05, 0) is 26.7 Å². The van der Waals surface area contributed by atoms with Crippen molar-refractivity contribution in [3.05, 3.63) is 15.6 Å². The molecule has 1 aliphatic rings. The lowest BCUT2D eigenvalue weighted by atomic mass is 10.2. The molecular weight excluding hydrogens is 433 g/mol. The molecule has 0 aromatic carbocycles. The van der Waals surface area contributed by atoms with Crippen LogP contribution in [0.1, 0.15) is 36.3 Å². The van der Waals surface area contributed by atoms with Crippen LogP contribution < -0.4 is 5.32 Å². The normalized spacial score (nSPS) is 16.4. The minimum Gasteiger partial charge on any atom is -0.357 e. The number of thiazole rings is 1. The average molecular weight is 465 g/mol. The third-order valence-corrected chi connectivity index (χ3v) is 5.12. The molecule has 0 radical (unpaired) electrons. The van der Waals surface area contributed by atoms with Crippen LogP contribution in [0.15, 0.2) is 4.99 Å². The molecule has 2 rings (SSSR count). The second-order valence-electron chi connectivity index (χ2n) is 6.60. The van der Waals surface area contributed by atoms with Crippen LogP contribution in [0, 0.1) is 19.8 Å². The molecule has 5 nitrogen and oxygen atoms in total. The lowest BCUT2D eigenvalue weighted by Gasteiger charge is -2.37. The SMILES string of the molecule is CCNC(=NCc1nc(C)c(C)s1)N1CCN(CC(C)C)CC1.I. The lowest BCUT2D eigenvalue weighted by molar-refractivity contribution is 0.164. The quantitative estimate of drug-likeness (QED) is 0.413. The van der Waals surface area contributed by atoms with E-state index in [0.717, 1.165) is 55.3 Å². The summed E-state index contributed by atoms with van der Waals surface area (Å²) in [4.78, 5) is 15.6. The second-order valence-corrected chi connectivity index (χ2v) is 7.89. The van der Waals surface area contributed by atoms with Gasteiger partial charge in [-0.15, -0.1) is 35.3 Å². The molecule has 24 heavy (non-hydrogen) atoms. The van der Waals surface area contributed by atoms with Gasteiger partial charge in [-0.3, -0.25) is 4.90 Å². The van der Waals surface area contributed by atoms with Crippen LogP contribution >= 0.6 is 35.3 Å². The van der Waals surface area contributed by atoms with E-state index in [2.05, 4.69) is 54.7 Å². The maximum Gasteiger partial charge on any atom is 0.194 e. The van der Waals surface area contributed by atoms with Crippen molar-refractivity contribution in [2.45, 2.75) is 41.2 Å². The fraction of sp³-hybridized carbons (Fsp3) is 0.765. The van der Waals surface area contributed by atoms with Crippen LogP contribution in [0.3, 0.4) is 0 Å². The van der Waals surface area contributed by atoms with Crippen molar-refractivity contribution in [2.75, 3.05) is 39.3 Å². The summed E-state index contributed by atoms with van der Waals surface area (Å²) in [6.07, 6.45) is 0. The Morgan fingerprint density at radius 2 is 1.92 bits per heavy atom. The number of hydrogen-bond acceptors (Lipinski definition) is 4. The lowest BCUT2D eigenvalue weighted by Crippen LogP contribution is -2.53. The summed E-state index contributed by atoms with van der Waals surface area (Å²) < 4.78 is 0. The smallest absolute Gasteiger partial charge is 0.194 e. The zero-order valence-electron chi connectivity index (χ0n) is 15.6. The van der Waals surface area contributed by atoms with Crippen molar-refractivity contribution in [2.24, 2.45) is 10.9 Å². The summed E-state index contributed by atoms with van der Waals surface area (Å²) in [5.41, 5.74) is 1.13. The molecule has 7 heteroatoms. The molecule has 0 aliphatic carbocycles. The van der Waals surface area contributed by atoms with Crippen molar-refractivity contribution in [3.8, 4) is 0 Å². The van der Waals surface area contributed by atoms with Crippen molar-refractivity contribution in [1.29, 1.82) is 0 Å². The number of aryl methyl sites for hydroxylation is 2. The topological polar surface area (TPSA) is 43.8 Å². The predicted octanol–water partition coefficient (Wildman–Crippen LogP) is 3.12. The van der Waals surface area contributed by atoms with Crippen LogP contribution in [-0.4, -0.2) is 60.0 Å². The van der Waals surface area contributed by atoms with E-state index in [1.807, 2.05) is 0 Å². The Morgan fingerprint density at radius 1 is 1.25 bits per heavy atom. The Bertz CT molecular complexity index is 502. The molecule has 1 aromatic rings. The standard InChI is InChI=1S/C17H31N5S.HI/c1-6-18-17(19-11-16-20-14(4)15(5)23-16)22-9-7-21(8-10-22)12-13(2)3;/h13H,6-12H2,1-5H3,(H,18,19);1H. The highest BCUT2D eigenvalue weighted by Gasteiger charge is 2.20. The molecule has 1 fully saturated rings. The fourth-order valence-corrected chi connectivity index (χ4v) is 3.69. The minimum atomic E-state index is 0.